The lowest BCUT2D eigenvalue weighted by molar-refractivity contribution is 0.0790. The van der Waals surface area contributed by atoms with Crippen molar-refractivity contribution in [2.24, 2.45) is 0 Å². The lowest BCUT2D eigenvalue weighted by Crippen LogP contribution is -2.28. The zero-order valence-electron chi connectivity index (χ0n) is 13.2. The molecule has 0 N–H and O–H groups in total. The molecule has 1 atom stereocenters. The van der Waals surface area contributed by atoms with Gasteiger partial charge in [0.2, 0.25) is 0 Å². The van der Waals surface area contributed by atoms with Gasteiger partial charge >= 0.3 is 0 Å². The predicted molar refractivity (Wildman–Crippen MR) is 88.0 cm³/mol. The molecule has 0 bridgehead atoms. The number of carbonyl (C=O) groups excluding carboxylic acids is 1. The molecule has 0 aliphatic carbocycles. The van der Waals surface area contributed by atoms with Crippen molar-refractivity contribution in [3.05, 3.63) is 65.5 Å². The van der Waals surface area contributed by atoms with Crippen molar-refractivity contribution >= 4 is 5.91 Å². The molecule has 2 aromatic rings. The molecule has 1 aromatic carbocycles. The number of carbonyl (C=O) groups is 1. The second-order valence-corrected chi connectivity index (χ2v) is 6.31. The zero-order chi connectivity index (χ0) is 15.5. The Morgan fingerprint density at radius 3 is 2.73 bits per heavy atom. The first-order chi connectivity index (χ1) is 10.6. The number of aromatic nitrogens is 1. The summed E-state index contributed by atoms with van der Waals surface area (Å²) in [7, 11) is 0. The smallest absolute Gasteiger partial charge is 0.255 e. The molecule has 2 heterocycles. The van der Waals surface area contributed by atoms with E-state index in [1.54, 1.807) is 6.20 Å². The Hall–Kier alpha value is -2.16. The van der Waals surface area contributed by atoms with E-state index in [0.29, 0.717) is 17.4 Å². The number of hydrogen-bond donors (Lipinski definition) is 0. The first-order valence-electron chi connectivity index (χ1n) is 7.94. The molecule has 1 aromatic heterocycles. The summed E-state index contributed by atoms with van der Waals surface area (Å²) in [6.45, 7) is 5.86. The summed E-state index contributed by atoms with van der Waals surface area (Å²) >= 11 is 0. The van der Waals surface area contributed by atoms with Gasteiger partial charge in [-0.3, -0.25) is 9.78 Å². The summed E-state index contributed by atoms with van der Waals surface area (Å²) in [4.78, 5) is 18.9. The van der Waals surface area contributed by atoms with Crippen LogP contribution in [0, 0.1) is 0 Å². The number of likely N-dealkylation sites (tertiary alicyclic amines) is 1. The van der Waals surface area contributed by atoms with Gasteiger partial charge in [0.05, 0.1) is 5.56 Å². The molecule has 1 fully saturated rings. The van der Waals surface area contributed by atoms with Crippen LogP contribution in [0.4, 0.5) is 0 Å². The van der Waals surface area contributed by atoms with E-state index >= 15 is 0 Å². The highest BCUT2D eigenvalue weighted by Gasteiger charge is 2.28. The highest BCUT2D eigenvalue weighted by atomic mass is 16.2. The Morgan fingerprint density at radius 1 is 1.23 bits per heavy atom. The van der Waals surface area contributed by atoms with Crippen LogP contribution in [0.2, 0.25) is 0 Å². The van der Waals surface area contributed by atoms with Gasteiger partial charge in [0, 0.05) is 31.4 Å². The number of benzene rings is 1. The summed E-state index contributed by atoms with van der Waals surface area (Å²) in [5.41, 5.74) is 3.15. The minimum atomic E-state index is 0.105. The molecular weight excluding hydrogens is 272 g/mol. The summed E-state index contributed by atoms with van der Waals surface area (Å²) in [5, 5.41) is 0. The number of nitrogens with zero attached hydrogens (tertiary/aromatic N) is 2. The summed E-state index contributed by atoms with van der Waals surface area (Å²) < 4.78 is 0. The fourth-order valence-electron chi connectivity index (χ4n) is 3.02. The van der Waals surface area contributed by atoms with Gasteiger partial charge in [-0.15, -0.1) is 0 Å². The first kappa shape index (κ1) is 14.8. The fraction of sp³-hybridized carbons (Fsp3) is 0.368. The van der Waals surface area contributed by atoms with Crippen molar-refractivity contribution in [2.45, 2.75) is 32.1 Å². The minimum Gasteiger partial charge on any atom is -0.338 e. The zero-order valence-corrected chi connectivity index (χ0v) is 13.2. The first-order valence-corrected chi connectivity index (χ1v) is 7.94. The maximum absolute atomic E-state index is 12.7. The molecule has 3 nitrogen and oxygen atoms in total. The van der Waals surface area contributed by atoms with Gasteiger partial charge in [0.1, 0.15) is 0 Å². The van der Waals surface area contributed by atoms with Crippen molar-refractivity contribution in [1.82, 2.24) is 9.88 Å². The van der Waals surface area contributed by atoms with Gasteiger partial charge in [0.25, 0.3) is 5.91 Å². The van der Waals surface area contributed by atoms with Crippen LogP contribution in [0.5, 0.6) is 0 Å². The normalized spacial score (nSPS) is 18.0. The average molecular weight is 294 g/mol. The van der Waals surface area contributed by atoms with E-state index in [1.807, 2.05) is 23.2 Å². The second-order valence-electron chi connectivity index (χ2n) is 6.31. The van der Waals surface area contributed by atoms with E-state index in [9.17, 15) is 4.79 Å². The van der Waals surface area contributed by atoms with Gasteiger partial charge < -0.3 is 4.90 Å². The Balaban J connectivity index is 1.73. The molecule has 114 valence electrons. The van der Waals surface area contributed by atoms with E-state index in [2.05, 4.69) is 43.1 Å². The van der Waals surface area contributed by atoms with Crippen molar-refractivity contribution < 1.29 is 4.79 Å². The Labute approximate surface area is 132 Å². The molecule has 1 saturated heterocycles. The monoisotopic (exact) mass is 294 g/mol. The Morgan fingerprint density at radius 2 is 2.00 bits per heavy atom. The van der Waals surface area contributed by atoms with Crippen LogP contribution in [0.15, 0.2) is 48.8 Å². The van der Waals surface area contributed by atoms with E-state index in [1.165, 1.54) is 5.56 Å². The minimum absolute atomic E-state index is 0.105. The molecular formula is C19H22N2O. The topological polar surface area (TPSA) is 33.2 Å². The third kappa shape index (κ3) is 3.03. The van der Waals surface area contributed by atoms with Crippen LogP contribution in [0.3, 0.4) is 0 Å². The van der Waals surface area contributed by atoms with Gasteiger partial charge in [-0.2, -0.15) is 0 Å². The fourth-order valence-corrected chi connectivity index (χ4v) is 3.02. The van der Waals surface area contributed by atoms with Crippen LogP contribution in [-0.2, 0) is 0 Å². The third-order valence-corrected chi connectivity index (χ3v) is 4.42. The molecule has 0 radical (unpaired) electrons. The molecule has 22 heavy (non-hydrogen) atoms. The highest BCUT2D eigenvalue weighted by Crippen LogP contribution is 2.28. The Bertz CT molecular complexity index is 651. The number of hydrogen-bond acceptors (Lipinski definition) is 2. The van der Waals surface area contributed by atoms with Crippen molar-refractivity contribution in [1.29, 1.82) is 0 Å². The second kappa shape index (κ2) is 6.30. The molecule has 0 saturated carbocycles. The van der Waals surface area contributed by atoms with Crippen LogP contribution in [0.1, 0.15) is 53.6 Å². The van der Waals surface area contributed by atoms with E-state index < -0.39 is 0 Å². The quantitative estimate of drug-likeness (QED) is 0.862. The lowest BCUT2D eigenvalue weighted by Gasteiger charge is -2.17. The van der Waals surface area contributed by atoms with Gasteiger partial charge in [0.15, 0.2) is 0 Å². The third-order valence-electron chi connectivity index (χ3n) is 4.42. The van der Waals surface area contributed by atoms with Gasteiger partial charge in [-0.25, -0.2) is 0 Å². The lowest BCUT2D eigenvalue weighted by atomic mass is 9.99. The van der Waals surface area contributed by atoms with Crippen molar-refractivity contribution in [3.63, 3.8) is 0 Å². The maximum atomic E-state index is 12.7. The highest BCUT2D eigenvalue weighted by molar-refractivity contribution is 5.94. The molecule has 1 amide bonds. The Kier molecular flexibility index (Phi) is 4.23. The largest absolute Gasteiger partial charge is 0.338 e. The van der Waals surface area contributed by atoms with Crippen molar-refractivity contribution in [2.75, 3.05) is 13.1 Å². The van der Waals surface area contributed by atoms with Crippen LogP contribution < -0.4 is 0 Å². The molecule has 3 rings (SSSR count). The molecule has 3 heteroatoms. The SMILES string of the molecule is CC(C)c1cncc(C(=O)N2CCC(c3ccccc3)C2)c1. The van der Waals surface area contributed by atoms with E-state index in [-0.39, 0.29) is 5.91 Å². The van der Waals surface area contributed by atoms with Crippen LogP contribution >= 0.6 is 0 Å². The van der Waals surface area contributed by atoms with Crippen molar-refractivity contribution in [3.8, 4) is 0 Å². The maximum Gasteiger partial charge on any atom is 0.255 e. The van der Waals surface area contributed by atoms with Crippen LogP contribution in [0.25, 0.3) is 0 Å². The summed E-state index contributed by atoms with van der Waals surface area (Å²) in [6.07, 6.45) is 4.56. The number of amides is 1. The van der Waals surface area contributed by atoms with E-state index in [4.69, 9.17) is 0 Å². The number of rotatable bonds is 3. The van der Waals surface area contributed by atoms with Gasteiger partial charge in [-0.05, 0) is 29.5 Å². The average Bonchev–Trinajstić information content (AvgIpc) is 3.05. The molecule has 1 aliphatic heterocycles. The molecule has 1 aliphatic rings. The number of pyridine rings is 1. The van der Waals surface area contributed by atoms with E-state index in [0.717, 1.165) is 25.1 Å². The van der Waals surface area contributed by atoms with Crippen LogP contribution in [-0.4, -0.2) is 28.9 Å². The standard InChI is InChI=1S/C19H22N2O/c1-14(2)17-10-18(12-20-11-17)19(22)21-9-8-16(13-21)15-6-4-3-5-7-15/h3-7,10-12,14,16H,8-9,13H2,1-2H3. The predicted octanol–water partition coefficient (Wildman–Crippen LogP) is 3.83. The van der Waals surface area contributed by atoms with Gasteiger partial charge in [-0.1, -0.05) is 44.2 Å². The summed E-state index contributed by atoms with van der Waals surface area (Å²) in [5.74, 6) is 0.940. The summed E-state index contributed by atoms with van der Waals surface area (Å²) in [6, 6.07) is 12.4. The molecule has 0 spiro atoms. The molecule has 1 unspecified atom stereocenters.